The molecule has 0 aliphatic carbocycles. The van der Waals surface area contributed by atoms with E-state index in [1.807, 2.05) is 4.90 Å². The zero-order chi connectivity index (χ0) is 13.2. The van der Waals surface area contributed by atoms with Gasteiger partial charge in [0, 0.05) is 18.8 Å². The number of rotatable bonds is 2. The van der Waals surface area contributed by atoms with Crippen molar-refractivity contribution in [1.29, 1.82) is 0 Å². The number of piperazine rings is 1. The standard InChI is InChI=1S/C11H12F3N3O/c12-11(13,14)9-1-3-10(4-2-9)16-5-7-17(15-18)8-6-16/h1-4H,5-8H2. The van der Waals surface area contributed by atoms with Crippen LogP contribution < -0.4 is 4.90 Å². The van der Waals surface area contributed by atoms with Gasteiger partial charge < -0.3 is 4.90 Å². The molecule has 0 amide bonds. The van der Waals surface area contributed by atoms with E-state index in [-0.39, 0.29) is 0 Å². The van der Waals surface area contributed by atoms with E-state index >= 15 is 0 Å². The predicted octanol–water partition coefficient (Wildman–Crippen LogP) is 2.51. The second-order valence-electron chi connectivity index (χ2n) is 4.07. The van der Waals surface area contributed by atoms with Crippen LogP contribution in [0.2, 0.25) is 0 Å². The van der Waals surface area contributed by atoms with Crippen molar-refractivity contribution < 1.29 is 13.2 Å². The quantitative estimate of drug-likeness (QED) is 0.765. The minimum absolute atomic E-state index is 0.491. The molecule has 18 heavy (non-hydrogen) atoms. The molecule has 1 aliphatic heterocycles. The highest BCUT2D eigenvalue weighted by molar-refractivity contribution is 5.48. The van der Waals surface area contributed by atoms with Gasteiger partial charge >= 0.3 is 6.18 Å². The maximum atomic E-state index is 12.4. The van der Waals surface area contributed by atoms with Crippen molar-refractivity contribution in [2.45, 2.75) is 6.18 Å². The van der Waals surface area contributed by atoms with Crippen LogP contribution >= 0.6 is 0 Å². The van der Waals surface area contributed by atoms with Crippen LogP contribution in [0.25, 0.3) is 0 Å². The summed E-state index contributed by atoms with van der Waals surface area (Å²) in [5.41, 5.74) is 0.0768. The van der Waals surface area contributed by atoms with E-state index in [4.69, 9.17) is 0 Å². The molecule has 0 saturated carbocycles. The third kappa shape index (κ3) is 2.72. The van der Waals surface area contributed by atoms with Gasteiger partial charge in [-0.2, -0.15) is 13.2 Å². The van der Waals surface area contributed by atoms with Crippen molar-refractivity contribution in [3.8, 4) is 0 Å². The van der Waals surface area contributed by atoms with Gasteiger partial charge in [0.1, 0.15) is 0 Å². The lowest BCUT2D eigenvalue weighted by Gasteiger charge is -2.33. The van der Waals surface area contributed by atoms with Gasteiger partial charge in [-0.15, -0.1) is 4.91 Å². The first-order valence-electron chi connectivity index (χ1n) is 5.51. The fourth-order valence-electron chi connectivity index (χ4n) is 1.90. The molecule has 4 nitrogen and oxygen atoms in total. The summed E-state index contributed by atoms with van der Waals surface area (Å²) < 4.78 is 37.2. The summed E-state index contributed by atoms with van der Waals surface area (Å²) in [5.74, 6) is 0. The smallest absolute Gasteiger partial charge is 0.368 e. The van der Waals surface area contributed by atoms with E-state index in [0.717, 1.165) is 17.8 Å². The van der Waals surface area contributed by atoms with E-state index in [9.17, 15) is 18.1 Å². The normalized spacial score (nSPS) is 16.8. The summed E-state index contributed by atoms with van der Waals surface area (Å²) in [4.78, 5) is 12.2. The van der Waals surface area contributed by atoms with Gasteiger partial charge in [0.25, 0.3) is 0 Å². The number of nitrogens with zero attached hydrogens (tertiary/aromatic N) is 3. The van der Waals surface area contributed by atoms with E-state index in [2.05, 4.69) is 5.29 Å². The van der Waals surface area contributed by atoms with E-state index < -0.39 is 11.7 Å². The fourth-order valence-corrected chi connectivity index (χ4v) is 1.90. The Morgan fingerprint density at radius 2 is 1.56 bits per heavy atom. The summed E-state index contributed by atoms with van der Waals surface area (Å²) >= 11 is 0. The van der Waals surface area contributed by atoms with Crippen LogP contribution in [0, 0.1) is 4.91 Å². The minimum Gasteiger partial charge on any atom is -0.368 e. The van der Waals surface area contributed by atoms with Gasteiger partial charge in [-0.1, -0.05) is 0 Å². The SMILES string of the molecule is O=NN1CCN(c2ccc(C(F)(F)F)cc2)CC1. The van der Waals surface area contributed by atoms with Gasteiger partial charge in [0.15, 0.2) is 0 Å². The molecule has 1 aliphatic rings. The van der Waals surface area contributed by atoms with E-state index in [1.54, 1.807) is 0 Å². The minimum atomic E-state index is -4.31. The molecule has 0 radical (unpaired) electrons. The van der Waals surface area contributed by atoms with Crippen LogP contribution in [0.5, 0.6) is 0 Å². The molecule has 1 aromatic rings. The largest absolute Gasteiger partial charge is 0.416 e. The molecule has 1 heterocycles. The molecule has 0 spiro atoms. The van der Waals surface area contributed by atoms with Crippen LogP contribution in [0.4, 0.5) is 18.9 Å². The van der Waals surface area contributed by atoms with Crippen molar-refractivity contribution in [2.24, 2.45) is 5.29 Å². The molecule has 0 aromatic heterocycles. The average molecular weight is 259 g/mol. The molecule has 0 bridgehead atoms. The van der Waals surface area contributed by atoms with Crippen LogP contribution in [-0.4, -0.2) is 31.2 Å². The second-order valence-corrected chi connectivity index (χ2v) is 4.07. The zero-order valence-electron chi connectivity index (χ0n) is 9.52. The first-order chi connectivity index (χ1) is 8.50. The van der Waals surface area contributed by atoms with Crippen LogP contribution in [0.15, 0.2) is 29.6 Å². The third-order valence-electron chi connectivity index (χ3n) is 2.93. The topological polar surface area (TPSA) is 35.9 Å². The Hall–Kier alpha value is -1.79. The van der Waals surface area contributed by atoms with Crippen molar-refractivity contribution >= 4 is 5.69 Å². The van der Waals surface area contributed by atoms with Crippen molar-refractivity contribution in [1.82, 2.24) is 5.01 Å². The Balaban J connectivity index is 2.05. The number of alkyl halides is 3. The molecule has 0 unspecified atom stereocenters. The lowest BCUT2D eigenvalue weighted by atomic mass is 10.2. The van der Waals surface area contributed by atoms with Crippen molar-refractivity contribution in [2.75, 3.05) is 31.1 Å². The zero-order valence-corrected chi connectivity index (χ0v) is 9.52. The second kappa shape index (κ2) is 4.83. The molecule has 1 fully saturated rings. The lowest BCUT2D eigenvalue weighted by Crippen LogP contribution is -2.43. The number of anilines is 1. The molecule has 98 valence electrons. The van der Waals surface area contributed by atoms with Crippen molar-refractivity contribution in [3.05, 3.63) is 34.7 Å². The Labute approximate surface area is 102 Å². The molecular formula is C11H12F3N3O. The Bertz CT molecular complexity index is 411. The third-order valence-corrected chi connectivity index (χ3v) is 2.93. The number of nitroso groups, excluding NO2 is 1. The van der Waals surface area contributed by atoms with Gasteiger partial charge in [0.05, 0.1) is 23.9 Å². The Morgan fingerprint density at radius 3 is 2.00 bits per heavy atom. The molecular weight excluding hydrogens is 247 g/mol. The van der Waals surface area contributed by atoms with Crippen LogP contribution in [0.3, 0.4) is 0 Å². The highest BCUT2D eigenvalue weighted by Crippen LogP contribution is 2.30. The lowest BCUT2D eigenvalue weighted by molar-refractivity contribution is -0.137. The molecule has 0 atom stereocenters. The maximum absolute atomic E-state index is 12.4. The molecule has 1 saturated heterocycles. The first kappa shape index (κ1) is 12.7. The fraction of sp³-hybridized carbons (Fsp3) is 0.455. The van der Waals surface area contributed by atoms with E-state index in [0.29, 0.717) is 26.2 Å². The number of halogens is 3. The number of benzene rings is 1. The predicted molar refractivity (Wildman–Crippen MR) is 61.0 cm³/mol. The first-order valence-corrected chi connectivity index (χ1v) is 5.51. The average Bonchev–Trinajstić information content (AvgIpc) is 2.38. The van der Waals surface area contributed by atoms with Crippen molar-refractivity contribution in [3.63, 3.8) is 0 Å². The van der Waals surface area contributed by atoms with Gasteiger partial charge in [-0.3, -0.25) is 5.01 Å². The summed E-state index contributed by atoms with van der Waals surface area (Å²) in [7, 11) is 0. The van der Waals surface area contributed by atoms with E-state index in [1.165, 1.54) is 17.1 Å². The molecule has 7 heteroatoms. The Kier molecular flexibility index (Phi) is 3.40. The summed E-state index contributed by atoms with van der Waals surface area (Å²) in [6.07, 6.45) is -4.31. The van der Waals surface area contributed by atoms with Crippen LogP contribution in [0.1, 0.15) is 5.56 Å². The number of hydrogen-bond donors (Lipinski definition) is 0. The summed E-state index contributed by atoms with van der Waals surface area (Å²) in [5, 5.41) is 4.23. The highest BCUT2D eigenvalue weighted by atomic mass is 19.4. The number of hydrogen-bond acceptors (Lipinski definition) is 3. The Morgan fingerprint density at radius 1 is 1.00 bits per heavy atom. The van der Waals surface area contributed by atoms with Gasteiger partial charge in [0.2, 0.25) is 0 Å². The molecule has 2 rings (SSSR count). The monoisotopic (exact) mass is 259 g/mol. The summed E-state index contributed by atoms with van der Waals surface area (Å²) in [6.45, 7) is 2.14. The van der Waals surface area contributed by atoms with Crippen LogP contribution in [-0.2, 0) is 6.18 Å². The van der Waals surface area contributed by atoms with Gasteiger partial charge in [-0.25, -0.2) is 0 Å². The molecule has 0 N–H and O–H groups in total. The maximum Gasteiger partial charge on any atom is 0.416 e. The molecule has 1 aromatic carbocycles. The van der Waals surface area contributed by atoms with Gasteiger partial charge in [-0.05, 0) is 24.3 Å². The highest BCUT2D eigenvalue weighted by Gasteiger charge is 2.30. The summed E-state index contributed by atoms with van der Waals surface area (Å²) in [6, 6.07) is 5.04.